The third kappa shape index (κ3) is 3.77. The predicted octanol–water partition coefficient (Wildman–Crippen LogP) is 2.97. The molecule has 0 radical (unpaired) electrons. The lowest BCUT2D eigenvalue weighted by molar-refractivity contribution is 0.0935. The zero-order valence-electron chi connectivity index (χ0n) is 16.0. The number of amides is 1. The Labute approximate surface area is 166 Å². The third-order valence-corrected chi connectivity index (χ3v) is 4.56. The number of imidazole rings is 1. The SMILES string of the molecule is Cc1nn(-c2ccccc2)nc1C(=O)NC(c1cccc(F)c1)c1nccn1C. The van der Waals surface area contributed by atoms with Crippen molar-refractivity contribution in [1.82, 2.24) is 29.9 Å². The monoisotopic (exact) mass is 390 g/mol. The molecule has 146 valence electrons. The standard InChI is InChI=1S/C21H19FN6O/c1-14-18(26-28(25-14)17-9-4-3-5-10-17)21(29)24-19(20-23-11-12-27(20)2)15-7-6-8-16(22)13-15/h3-13,19H,1-2H3,(H,24,29). The number of nitrogens with zero attached hydrogens (tertiary/aromatic N) is 5. The van der Waals surface area contributed by atoms with Gasteiger partial charge >= 0.3 is 0 Å². The normalized spacial score (nSPS) is 12.0. The number of carbonyl (C=O) groups excluding carboxylic acids is 1. The summed E-state index contributed by atoms with van der Waals surface area (Å²) in [5, 5.41) is 11.6. The smallest absolute Gasteiger partial charge is 0.274 e. The van der Waals surface area contributed by atoms with Crippen LogP contribution >= 0.6 is 0 Å². The minimum atomic E-state index is -0.639. The van der Waals surface area contributed by atoms with Gasteiger partial charge in [-0.05, 0) is 36.8 Å². The molecule has 1 amide bonds. The number of hydrogen-bond donors (Lipinski definition) is 1. The summed E-state index contributed by atoms with van der Waals surface area (Å²) in [5.41, 5.74) is 2.02. The van der Waals surface area contributed by atoms with Crippen molar-refractivity contribution in [2.24, 2.45) is 7.05 Å². The van der Waals surface area contributed by atoms with E-state index in [1.165, 1.54) is 16.9 Å². The summed E-state index contributed by atoms with van der Waals surface area (Å²) in [4.78, 5) is 18.8. The van der Waals surface area contributed by atoms with Crippen LogP contribution in [0, 0.1) is 12.7 Å². The zero-order valence-corrected chi connectivity index (χ0v) is 16.0. The van der Waals surface area contributed by atoms with E-state index < -0.39 is 11.9 Å². The maximum absolute atomic E-state index is 13.8. The Morgan fingerprint density at radius 2 is 1.90 bits per heavy atom. The van der Waals surface area contributed by atoms with E-state index in [0.29, 0.717) is 17.1 Å². The van der Waals surface area contributed by atoms with Crippen LogP contribution in [0.15, 0.2) is 67.0 Å². The van der Waals surface area contributed by atoms with Gasteiger partial charge in [-0.25, -0.2) is 9.37 Å². The number of nitrogens with one attached hydrogen (secondary N) is 1. The molecule has 1 atom stereocenters. The number of aryl methyl sites for hydroxylation is 2. The molecule has 0 saturated heterocycles. The molecule has 1 N–H and O–H groups in total. The van der Waals surface area contributed by atoms with E-state index in [9.17, 15) is 9.18 Å². The summed E-state index contributed by atoms with van der Waals surface area (Å²) in [6.45, 7) is 1.72. The fourth-order valence-corrected chi connectivity index (χ4v) is 3.10. The molecule has 29 heavy (non-hydrogen) atoms. The molecule has 8 heteroatoms. The first-order valence-electron chi connectivity index (χ1n) is 9.06. The molecule has 0 saturated carbocycles. The van der Waals surface area contributed by atoms with Crippen molar-refractivity contribution in [2.75, 3.05) is 0 Å². The van der Waals surface area contributed by atoms with Gasteiger partial charge in [0.15, 0.2) is 5.69 Å². The Balaban J connectivity index is 1.67. The Morgan fingerprint density at radius 1 is 1.10 bits per heavy atom. The van der Waals surface area contributed by atoms with Crippen LogP contribution in [-0.2, 0) is 7.05 Å². The number of carbonyl (C=O) groups is 1. The quantitative estimate of drug-likeness (QED) is 0.568. The van der Waals surface area contributed by atoms with Gasteiger partial charge in [-0.3, -0.25) is 4.79 Å². The van der Waals surface area contributed by atoms with Crippen molar-refractivity contribution in [3.8, 4) is 5.69 Å². The molecular formula is C21H19FN6O. The van der Waals surface area contributed by atoms with Crippen LogP contribution in [0.25, 0.3) is 5.69 Å². The average molecular weight is 390 g/mol. The van der Waals surface area contributed by atoms with Crippen LogP contribution in [-0.4, -0.2) is 30.5 Å². The van der Waals surface area contributed by atoms with E-state index in [1.807, 2.05) is 37.4 Å². The Bertz CT molecular complexity index is 1150. The van der Waals surface area contributed by atoms with Gasteiger partial charge in [-0.1, -0.05) is 30.3 Å². The van der Waals surface area contributed by atoms with Crippen molar-refractivity contribution in [3.05, 3.63) is 95.6 Å². The number of hydrogen-bond acceptors (Lipinski definition) is 4. The number of rotatable bonds is 5. The zero-order chi connectivity index (χ0) is 20.4. The van der Waals surface area contributed by atoms with Crippen molar-refractivity contribution < 1.29 is 9.18 Å². The molecular weight excluding hydrogens is 371 g/mol. The van der Waals surface area contributed by atoms with Crippen LogP contribution in [0.4, 0.5) is 4.39 Å². The molecule has 2 aromatic carbocycles. The van der Waals surface area contributed by atoms with Crippen molar-refractivity contribution in [2.45, 2.75) is 13.0 Å². The van der Waals surface area contributed by atoms with Gasteiger partial charge in [0.1, 0.15) is 17.7 Å². The summed E-state index contributed by atoms with van der Waals surface area (Å²) < 4.78 is 15.6. The molecule has 2 heterocycles. The van der Waals surface area contributed by atoms with Gasteiger partial charge in [0.2, 0.25) is 0 Å². The van der Waals surface area contributed by atoms with Crippen LogP contribution in [0.3, 0.4) is 0 Å². The second-order valence-corrected chi connectivity index (χ2v) is 6.62. The molecule has 0 spiro atoms. The minimum absolute atomic E-state index is 0.199. The average Bonchev–Trinajstić information content (AvgIpc) is 3.32. The fraction of sp³-hybridized carbons (Fsp3) is 0.143. The van der Waals surface area contributed by atoms with Crippen LogP contribution < -0.4 is 5.32 Å². The van der Waals surface area contributed by atoms with Crippen molar-refractivity contribution in [3.63, 3.8) is 0 Å². The minimum Gasteiger partial charge on any atom is -0.337 e. The van der Waals surface area contributed by atoms with Gasteiger partial charge in [0.05, 0.1) is 11.4 Å². The third-order valence-electron chi connectivity index (χ3n) is 4.56. The van der Waals surface area contributed by atoms with Gasteiger partial charge in [0, 0.05) is 19.4 Å². The maximum atomic E-state index is 13.8. The maximum Gasteiger partial charge on any atom is 0.274 e. The predicted molar refractivity (Wildman–Crippen MR) is 105 cm³/mol. The van der Waals surface area contributed by atoms with E-state index in [2.05, 4.69) is 20.5 Å². The van der Waals surface area contributed by atoms with Gasteiger partial charge in [0.25, 0.3) is 5.91 Å². The van der Waals surface area contributed by atoms with Gasteiger partial charge < -0.3 is 9.88 Å². The van der Waals surface area contributed by atoms with E-state index in [4.69, 9.17) is 0 Å². The van der Waals surface area contributed by atoms with E-state index in [0.717, 1.165) is 5.69 Å². The lowest BCUT2D eigenvalue weighted by atomic mass is 10.1. The lowest BCUT2D eigenvalue weighted by Gasteiger charge is -2.18. The fourth-order valence-electron chi connectivity index (χ4n) is 3.10. The van der Waals surface area contributed by atoms with Gasteiger partial charge in [-0.2, -0.15) is 9.90 Å². The summed E-state index contributed by atoms with van der Waals surface area (Å²) in [6, 6.07) is 14.8. The highest BCUT2D eigenvalue weighted by atomic mass is 19.1. The number of benzene rings is 2. The van der Waals surface area contributed by atoms with Crippen molar-refractivity contribution in [1.29, 1.82) is 0 Å². The molecule has 0 aliphatic carbocycles. The highest BCUT2D eigenvalue weighted by molar-refractivity contribution is 5.93. The summed E-state index contributed by atoms with van der Waals surface area (Å²) in [7, 11) is 1.82. The second-order valence-electron chi connectivity index (χ2n) is 6.62. The summed E-state index contributed by atoms with van der Waals surface area (Å²) >= 11 is 0. The highest BCUT2D eigenvalue weighted by Crippen LogP contribution is 2.22. The molecule has 0 aliphatic rings. The van der Waals surface area contributed by atoms with Gasteiger partial charge in [-0.15, -0.1) is 5.10 Å². The molecule has 7 nitrogen and oxygen atoms in total. The number of halogens is 1. The second kappa shape index (κ2) is 7.67. The van der Waals surface area contributed by atoms with E-state index in [1.54, 1.807) is 36.0 Å². The van der Waals surface area contributed by atoms with Crippen LogP contribution in [0.2, 0.25) is 0 Å². The van der Waals surface area contributed by atoms with E-state index in [-0.39, 0.29) is 11.5 Å². The van der Waals surface area contributed by atoms with E-state index >= 15 is 0 Å². The summed E-state index contributed by atoms with van der Waals surface area (Å²) in [5.74, 6) is -0.221. The number of aromatic nitrogens is 5. The lowest BCUT2D eigenvalue weighted by Crippen LogP contribution is -2.32. The highest BCUT2D eigenvalue weighted by Gasteiger charge is 2.25. The molecule has 0 bridgehead atoms. The molecule has 4 aromatic rings. The van der Waals surface area contributed by atoms with Crippen LogP contribution in [0.1, 0.15) is 33.6 Å². The molecule has 4 rings (SSSR count). The Kier molecular flexibility index (Phi) is 4.90. The van der Waals surface area contributed by atoms with Crippen molar-refractivity contribution >= 4 is 5.91 Å². The first-order chi connectivity index (χ1) is 14.0. The molecule has 0 fully saturated rings. The Morgan fingerprint density at radius 3 is 2.59 bits per heavy atom. The first-order valence-corrected chi connectivity index (χ1v) is 9.06. The van der Waals surface area contributed by atoms with Crippen LogP contribution in [0.5, 0.6) is 0 Å². The largest absolute Gasteiger partial charge is 0.337 e. The molecule has 0 aliphatic heterocycles. The summed E-state index contributed by atoms with van der Waals surface area (Å²) in [6.07, 6.45) is 3.40. The number of para-hydroxylation sites is 1. The molecule has 1 unspecified atom stereocenters. The molecule has 2 aromatic heterocycles. The topological polar surface area (TPSA) is 77.6 Å². The first kappa shape index (κ1) is 18.5. The Hall–Kier alpha value is -3.81.